The Kier molecular flexibility index (Phi) is 7.03. The molecule has 0 unspecified atom stereocenters. The van der Waals surface area contributed by atoms with Crippen LogP contribution in [0.3, 0.4) is 0 Å². The lowest BCUT2D eigenvalue weighted by Crippen LogP contribution is -2.35. The van der Waals surface area contributed by atoms with E-state index in [9.17, 15) is 9.59 Å². The molecule has 30 heavy (non-hydrogen) atoms. The van der Waals surface area contributed by atoms with Crippen LogP contribution >= 0.6 is 11.6 Å². The molecular weight excluding hydrogens is 398 g/mol. The molecule has 1 aliphatic carbocycles. The average molecular weight is 428 g/mol. The molecule has 0 aromatic heterocycles. The normalized spacial score (nSPS) is 13.3. The first kappa shape index (κ1) is 22.2. The van der Waals surface area contributed by atoms with Gasteiger partial charge in [-0.3, -0.25) is 9.59 Å². The first-order valence-corrected chi connectivity index (χ1v) is 10.8. The van der Waals surface area contributed by atoms with Gasteiger partial charge in [0.15, 0.2) is 0 Å². The second kappa shape index (κ2) is 9.52. The number of benzene rings is 2. The van der Waals surface area contributed by atoms with Crippen molar-refractivity contribution in [3.63, 3.8) is 0 Å². The molecular formula is C24H30ClN3O2. The molecule has 160 valence electrons. The van der Waals surface area contributed by atoms with Gasteiger partial charge in [-0.15, -0.1) is 0 Å². The van der Waals surface area contributed by atoms with Gasteiger partial charge in [-0.2, -0.15) is 0 Å². The van der Waals surface area contributed by atoms with E-state index in [4.69, 9.17) is 11.6 Å². The molecule has 2 aromatic rings. The zero-order valence-corrected chi connectivity index (χ0v) is 18.9. The zero-order chi connectivity index (χ0) is 21.8. The van der Waals surface area contributed by atoms with Crippen LogP contribution in [0.1, 0.15) is 42.6 Å². The van der Waals surface area contributed by atoms with Gasteiger partial charge >= 0.3 is 0 Å². The monoisotopic (exact) mass is 427 g/mol. The molecule has 0 spiro atoms. The number of hydrogen-bond acceptors (Lipinski definition) is 3. The third-order valence-corrected chi connectivity index (χ3v) is 5.61. The van der Waals surface area contributed by atoms with E-state index in [1.807, 2.05) is 55.9 Å². The number of amides is 2. The molecule has 1 saturated carbocycles. The summed E-state index contributed by atoms with van der Waals surface area (Å²) in [5.41, 5.74) is 3.15. The SMILES string of the molecule is CC(C)C(=O)N(Cc1cc(NC(=O)c2ccccc2Cl)ccc1N(C)C)CC1CC1. The predicted molar refractivity (Wildman–Crippen MR) is 123 cm³/mol. The Morgan fingerprint density at radius 2 is 1.83 bits per heavy atom. The summed E-state index contributed by atoms with van der Waals surface area (Å²) in [6.45, 7) is 5.20. The van der Waals surface area contributed by atoms with Gasteiger partial charge in [-0.1, -0.05) is 37.6 Å². The standard InChI is InChI=1S/C24H30ClN3O2/c1-16(2)24(30)28(14-17-9-10-17)15-18-13-19(11-12-22(18)27(3)4)26-23(29)20-7-5-6-8-21(20)25/h5-8,11-13,16-17H,9-10,14-15H2,1-4H3,(H,26,29). The lowest BCUT2D eigenvalue weighted by atomic mass is 10.1. The van der Waals surface area contributed by atoms with Crippen molar-refractivity contribution in [2.75, 3.05) is 30.9 Å². The fraction of sp³-hybridized carbons (Fsp3) is 0.417. The summed E-state index contributed by atoms with van der Waals surface area (Å²) in [4.78, 5) is 29.5. The Labute approximate surface area is 184 Å². The lowest BCUT2D eigenvalue weighted by molar-refractivity contribution is -0.135. The van der Waals surface area contributed by atoms with Crippen LogP contribution < -0.4 is 10.2 Å². The second-order valence-electron chi connectivity index (χ2n) is 8.49. The summed E-state index contributed by atoms with van der Waals surface area (Å²) in [6.07, 6.45) is 2.38. The second-order valence-corrected chi connectivity index (χ2v) is 8.90. The maximum Gasteiger partial charge on any atom is 0.257 e. The zero-order valence-electron chi connectivity index (χ0n) is 18.1. The first-order chi connectivity index (χ1) is 14.3. The van der Waals surface area contributed by atoms with E-state index in [2.05, 4.69) is 5.32 Å². The Balaban J connectivity index is 1.85. The molecule has 0 aliphatic heterocycles. The number of halogens is 1. The van der Waals surface area contributed by atoms with Crippen molar-refractivity contribution in [3.8, 4) is 0 Å². The van der Waals surface area contributed by atoms with E-state index in [0.29, 0.717) is 28.7 Å². The van der Waals surface area contributed by atoms with Crippen molar-refractivity contribution in [1.29, 1.82) is 0 Å². The van der Waals surface area contributed by atoms with Gasteiger partial charge in [0.2, 0.25) is 5.91 Å². The fourth-order valence-electron chi connectivity index (χ4n) is 3.49. The highest BCUT2D eigenvalue weighted by Gasteiger charge is 2.28. The van der Waals surface area contributed by atoms with Crippen molar-refractivity contribution in [3.05, 3.63) is 58.6 Å². The maximum absolute atomic E-state index is 12.8. The number of carbonyl (C=O) groups is 2. The van der Waals surface area contributed by atoms with Crippen LogP contribution in [0.5, 0.6) is 0 Å². The number of nitrogens with one attached hydrogen (secondary N) is 1. The van der Waals surface area contributed by atoms with Crippen LogP contribution in [0.4, 0.5) is 11.4 Å². The van der Waals surface area contributed by atoms with Crippen molar-refractivity contribution in [2.24, 2.45) is 11.8 Å². The minimum atomic E-state index is -0.253. The lowest BCUT2D eigenvalue weighted by Gasteiger charge is -2.27. The van der Waals surface area contributed by atoms with Gasteiger partial charge in [-0.05, 0) is 54.7 Å². The van der Waals surface area contributed by atoms with Crippen LogP contribution in [0.15, 0.2) is 42.5 Å². The van der Waals surface area contributed by atoms with Crippen molar-refractivity contribution >= 4 is 34.8 Å². The van der Waals surface area contributed by atoms with E-state index in [-0.39, 0.29) is 17.7 Å². The fourth-order valence-corrected chi connectivity index (χ4v) is 3.71. The Morgan fingerprint density at radius 1 is 1.13 bits per heavy atom. The summed E-state index contributed by atoms with van der Waals surface area (Å²) >= 11 is 6.16. The summed E-state index contributed by atoms with van der Waals surface area (Å²) in [5.74, 6) is 0.475. The largest absolute Gasteiger partial charge is 0.377 e. The number of carbonyl (C=O) groups excluding carboxylic acids is 2. The van der Waals surface area contributed by atoms with E-state index < -0.39 is 0 Å². The van der Waals surface area contributed by atoms with Crippen LogP contribution in [-0.2, 0) is 11.3 Å². The molecule has 1 fully saturated rings. The smallest absolute Gasteiger partial charge is 0.257 e. The molecule has 0 atom stereocenters. The molecule has 0 bridgehead atoms. The van der Waals surface area contributed by atoms with Crippen LogP contribution in [0.2, 0.25) is 5.02 Å². The number of rotatable bonds is 8. The number of hydrogen-bond donors (Lipinski definition) is 1. The Hall–Kier alpha value is -2.53. The van der Waals surface area contributed by atoms with Gasteiger partial charge in [0.1, 0.15) is 0 Å². The quantitative estimate of drug-likeness (QED) is 0.641. The summed E-state index contributed by atoms with van der Waals surface area (Å²) < 4.78 is 0. The van der Waals surface area contributed by atoms with Gasteiger partial charge in [0.05, 0.1) is 10.6 Å². The van der Waals surface area contributed by atoms with Gasteiger partial charge in [0, 0.05) is 44.5 Å². The highest BCUT2D eigenvalue weighted by Crippen LogP contribution is 2.32. The van der Waals surface area contributed by atoms with Crippen molar-refractivity contribution in [1.82, 2.24) is 4.90 Å². The molecule has 0 saturated heterocycles. The average Bonchev–Trinajstić information content (AvgIpc) is 3.51. The third kappa shape index (κ3) is 5.54. The van der Waals surface area contributed by atoms with Gasteiger partial charge in [0.25, 0.3) is 5.91 Å². The topological polar surface area (TPSA) is 52.7 Å². The first-order valence-electron chi connectivity index (χ1n) is 10.4. The Bertz CT molecular complexity index is 922. The maximum atomic E-state index is 12.8. The minimum absolute atomic E-state index is 0.0466. The summed E-state index contributed by atoms with van der Waals surface area (Å²) in [5, 5.41) is 3.35. The summed E-state index contributed by atoms with van der Waals surface area (Å²) in [6, 6.07) is 12.8. The van der Waals surface area contributed by atoms with Crippen molar-refractivity contribution in [2.45, 2.75) is 33.2 Å². The number of nitrogens with zero attached hydrogens (tertiary/aromatic N) is 2. The van der Waals surface area contributed by atoms with E-state index in [0.717, 1.165) is 17.8 Å². The van der Waals surface area contributed by atoms with E-state index in [1.165, 1.54) is 12.8 Å². The minimum Gasteiger partial charge on any atom is -0.377 e. The highest BCUT2D eigenvalue weighted by atomic mass is 35.5. The molecule has 6 heteroatoms. The highest BCUT2D eigenvalue weighted by molar-refractivity contribution is 6.34. The van der Waals surface area contributed by atoms with E-state index >= 15 is 0 Å². The van der Waals surface area contributed by atoms with Crippen LogP contribution in [0.25, 0.3) is 0 Å². The van der Waals surface area contributed by atoms with Gasteiger partial charge < -0.3 is 15.1 Å². The number of anilines is 2. The Morgan fingerprint density at radius 3 is 2.43 bits per heavy atom. The van der Waals surface area contributed by atoms with Gasteiger partial charge in [-0.25, -0.2) is 0 Å². The van der Waals surface area contributed by atoms with Crippen LogP contribution in [0, 0.1) is 11.8 Å². The molecule has 1 N–H and O–H groups in total. The van der Waals surface area contributed by atoms with E-state index in [1.54, 1.807) is 24.3 Å². The van der Waals surface area contributed by atoms with Crippen molar-refractivity contribution < 1.29 is 9.59 Å². The third-order valence-electron chi connectivity index (χ3n) is 5.28. The summed E-state index contributed by atoms with van der Waals surface area (Å²) in [7, 11) is 3.96. The predicted octanol–water partition coefficient (Wildman–Crippen LogP) is 5.05. The molecule has 2 aromatic carbocycles. The molecule has 0 radical (unpaired) electrons. The molecule has 0 heterocycles. The molecule has 5 nitrogen and oxygen atoms in total. The molecule has 1 aliphatic rings. The van der Waals surface area contributed by atoms with Crippen LogP contribution in [-0.4, -0.2) is 37.4 Å². The molecule has 3 rings (SSSR count). The molecule has 2 amide bonds.